The minimum absolute atomic E-state index is 0.0501. The van der Waals surface area contributed by atoms with Crippen molar-refractivity contribution in [2.45, 2.75) is 11.1 Å². The van der Waals surface area contributed by atoms with Crippen LogP contribution in [0.2, 0.25) is 5.02 Å². The maximum atomic E-state index is 12.9. The normalized spacial score (nSPS) is 11.8. The van der Waals surface area contributed by atoms with Crippen molar-refractivity contribution < 1.29 is 31.2 Å². The number of rotatable bonds is 5. The molecule has 2 rings (SSSR count). The fraction of sp³-hybridized carbons (Fsp3) is 0.222. The van der Waals surface area contributed by atoms with Crippen LogP contribution in [0.5, 0.6) is 0 Å². The van der Waals surface area contributed by atoms with Crippen LogP contribution in [0.1, 0.15) is 15.9 Å². The fourth-order valence-electron chi connectivity index (χ4n) is 2.39. The summed E-state index contributed by atoms with van der Waals surface area (Å²) in [5, 5.41) is 1.76. The van der Waals surface area contributed by atoms with Gasteiger partial charge in [0.25, 0.3) is 5.91 Å². The molecule has 2 aromatic rings. The van der Waals surface area contributed by atoms with Gasteiger partial charge in [0.05, 0.1) is 22.0 Å². The van der Waals surface area contributed by atoms with Gasteiger partial charge in [-0.15, -0.1) is 0 Å². The standard InChI is InChI=1S/C18H16ClF3N2O4S/c1-24(17(26)11-4-3-5-13(8-11)29(2,27)28)10-16(25)23-12-6-7-15(19)14(9-12)18(20,21)22/h3-9H,10H2,1-2H3,(H,23,25). The first-order valence-corrected chi connectivity index (χ1v) is 10.3. The summed E-state index contributed by atoms with van der Waals surface area (Å²) in [4.78, 5) is 25.5. The maximum Gasteiger partial charge on any atom is 0.417 e. The lowest BCUT2D eigenvalue weighted by Crippen LogP contribution is -2.35. The molecule has 0 radical (unpaired) electrons. The lowest BCUT2D eigenvalue weighted by molar-refractivity contribution is -0.137. The first kappa shape index (κ1) is 22.7. The number of benzene rings is 2. The van der Waals surface area contributed by atoms with Crippen molar-refractivity contribution in [1.29, 1.82) is 0 Å². The van der Waals surface area contributed by atoms with Gasteiger partial charge in [0.15, 0.2) is 9.84 Å². The zero-order valence-corrected chi connectivity index (χ0v) is 16.8. The zero-order valence-electron chi connectivity index (χ0n) is 15.2. The van der Waals surface area contributed by atoms with Gasteiger partial charge in [-0.25, -0.2) is 8.42 Å². The Hall–Kier alpha value is -2.59. The molecule has 0 heterocycles. The Morgan fingerprint density at radius 2 is 1.79 bits per heavy atom. The Labute approximate surface area is 170 Å². The number of likely N-dealkylation sites (N-methyl/N-ethyl adjacent to an activating group) is 1. The minimum Gasteiger partial charge on any atom is -0.332 e. The van der Waals surface area contributed by atoms with Crippen LogP contribution in [0.4, 0.5) is 18.9 Å². The summed E-state index contributed by atoms with van der Waals surface area (Å²) < 4.78 is 61.9. The predicted octanol–water partition coefficient (Wildman–Crippen LogP) is 3.47. The first-order chi connectivity index (χ1) is 13.3. The Bertz CT molecular complexity index is 1060. The van der Waals surface area contributed by atoms with Crippen molar-refractivity contribution in [3.63, 3.8) is 0 Å². The molecule has 0 saturated heterocycles. The Balaban J connectivity index is 2.11. The van der Waals surface area contributed by atoms with Crippen LogP contribution in [-0.2, 0) is 20.8 Å². The van der Waals surface area contributed by atoms with Crippen LogP contribution < -0.4 is 5.32 Å². The second-order valence-corrected chi connectivity index (χ2v) is 8.62. The summed E-state index contributed by atoms with van der Waals surface area (Å²) in [7, 11) is -2.22. The van der Waals surface area contributed by atoms with E-state index in [1.807, 2.05) is 0 Å². The molecule has 0 atom stereocenters. The molecule has 11 heteroatoms. The molecule has 6 nitrogen and oxygen atoms in total. The smallest absolute Gasteiger partial charge is 0.332 e. The molecular weight excluding hydrogens is 433 g/mol. The molecule has 0 spiro atoms. The summed E-state index contributed by atoms with van der Waals surface area (Å²) in [6.45, 7) is -0.466. The molecule has 2 amide bonds. The SMILES string of the molecule is CN(CC(=O)Nc1ccc(Cl)c(C(F)(F)F)c1)C(=O)c1cccc(S(C)(=O)=O)c1. The number of amides is 2. The molecular formula is C18H16ClF3N2O4S. The zero-order chi connectivity index (χ0) is 22.0. The Morgan fingerprint density at radius 3 is 2.38 bits per heavy atom. The number of hydrogen-bond donors (Lipinski definition) is 1. The highest BCUT2D eigenvalue weighted by Crippen LogP contribution is 2.36. The molecule has 0 aliphatic rings. The van der Waals surface area contributed by atoms with Gasteiger partial charge in [-0.3, -0.25) is 9.59 Å². The summed E-state index contributed by atoms with van der Waals surface area (Å²) in [6.07, 6.45) is -3.69. The predicted molar refractivity (Wildman–Crippen MR) is 102 cm³/mol. The second kappa shape index (κ2) is 8.42. The number of alkyl halides is 3. The lowest BCUT2D eigenvalue weighted by Gasteiger charge is -2.18. The molecule has 0 fully saturated rings. The van der Waals surface area contributed by atoms with Crippen LogP contribution >= 0.6 is 11.6 Å². The van der Waals surface area contributed by atoms with Gasteiger partial charge in [0.1, 0.15) is 0 Å². The molecule has 0 aromatic heterocycles. The molecule has 2 aromatic carbocycles. The van der Waals surface area contributed by atoms with Gasteiger partial charge in [-0.05, 0) is 36.4 Å². The fourth-order valence-corrected chi connectivity index (χ4v) is 3.28. The van der Waals surface area contributed by atoms with Crippen molar-refractivity contribution in [3.05, 3.63) is 58.6 Å². The van der Waals surface area contributed by atoms with Gasteiger partial charge >= 0.3 is 6.18 Å². The molecule has 0 saturated carbocycles. The number of carbonyl (C=O) groups is 2. The van der Waals surface area contributed by atoms with Crippen molar-refractivity contribution in [3.8, 4) is 0 Å². The Morgan fingerprint density at radius 1 is 1.14 bits per heavy atom. The molecule has 0 aliphatic heterocycles. The van der Waals surface area contributed by atoms with Crippen LogP contribution in [0, 0.1) is 0 Å². The number of sulfone groups is 1. The quantitative estimate of drug-likeness (QED) is 0.759. The number of nitrogens with zero attached hydrogens (tertiary/aromatic N) is 1. The highest BCUT2D eigenvalue weighted by atomic mass is 35.5. The van der Waals surface area contributed by atoms with Crippen LogP contribution in [-0.4, -0.2) is 45.0 Å². The van der Waals surface area contributed by atoms with E-state index in [4.69, 9.17) is 11.6 Å². The molecule has 0 unspecified atom stereocenters. The van der Waals surface area contributed by atoms with Crippen LogP contribution in [0.25, 0.3) is 0 Å². The molecule has 1 N–H and O–H groups in total. The van der Waals surface area contributed by atoms with Gasteiger partial charge < -0.3 is 10.2 Å². The van der Waals surface area contributed by atoms with E-state index in [1.54, 1.807) is 0 Å². The van der Waals surface area contributed by atoms with Gasteiger partial charge in [0.2, 0.25) is 5.91 Å². The summed E-state index contributed by atoms with van der Waals surface area (Å²) in [6, 6.07) is 8.19. The van der Waals surface area contributed by atoms with E-state index < -0.39 is 45.0 Å². The lowest BCUT2D eigenvalue weighted by atomic mass is 10.2. The van der Waals surface area contributed by atoms with Gasteiger partial charge in [0, 0.05) is 24.6 Å². The van der Waals surface area contributed by atoms with Crippen LogP contribution in [0.3, 0.4) is 0 Å². The second-order valence-electron chi connectivity index (χ2n) is 6.20. The number of hydrogen-bond acceptors (Lipinski definition) is 4. The van der Waals surface area contributed by atoms with E-state index in [1.165, 1.54) is 37.4 Å². The average molecular weight is 449 g/mol. The van der Waals surface area contributed by atoms with E-state index in [-0.39, 0.29) is 16.1 Å². The molecule has 29 heavy (non-hydrogen) atoms. The monoisotopic (exact) mass is 448 g/mol. The number of nitrogens with one attached hydrogen (secondary N) is 1. The van der Waals surface area contributed by atoms with Crippen LogP contribution in [0.15, 0.2) is 47.4 Å². The number of anilines is 1. The highest BCUT2D eigenvalue weighted by Gasteiger charge is 2.33. The maximum absolute atomic E-state index is 12.9. The topological polar surface area (TPSA) is 83.6 Å². The van der Waals surface area contributed by atoms with E-state index in [9.17, 15) is 31.2 Å². The van der Waals surface area contributed by atoms with E-state index in [0.29, 0.717) is 6.07 Å². The molecule has 0 aliphatic carbocycles. The minimum atomic E-state index is -4.69. The summed E-state index contributed by atoms with van der Waals surface area (Å²) >= 11 is 5.53. The highest BCUT2D eigenvalue weighted by molar-refractivity contribution is 7.90. The van der Waals surface area contributed by atoms with E-state index in [2.05, 4.69) is 5.32 Å². The van der Waals surface area contributed by atoms with Crippen molar-refractivity contribution in [2.24, 2.45) is 0 Å². The third-order valence-electron chi connectivity index (χ3n) is 3.79. The van der Waals surface area contributed by atoms with E-state index in [0.717, 1.165) is 17.2 Å². The molecule has 0 bridgehead atoms. The first-order valence-electron chi connectivity index (χ1n) is 8.01. The Kier molecular flexibility index (Phi) is 6.59. The average Bonchev–Trinajstić information content (AvgIpc) is 2.61. The third kappa shape index (κ3) is 5.94. The van der Waals surface area contributed by atoms with Gasteiger partial charge in [-0.2, -0.15) is 13.2 Å². The van der Waals surface area contributed by atoms with Gasteiger partial charge in [-0.1, -0.05) is 17.7 Å². The van der Waals surface area contributed by atoms with E-state index >= 15 is 0 Å². The number of carbonyl (C=O) groups excluding carboxylic acids is 2. The van der Waals surface area contributed by atoms with Crippen molar-refractivity contribution in [2.75, 3.05) is 25.2 Å². The largest absolute Gasteiger partial charge is 0.417 e. The van der Waals surface area contributed by atoms with Crippen molar-refractivity contribution in [1.82, 2.24) is 4.90 Å². The number of halogens is 4. The van der Waals surface area contributed by atoms with Crippen molar-refractivity contribution >= 4 is 38.9 Å². The molecule has 156 valence electrons. The third-order valence-corrected chi connectivity index (χ3v) is 5.23. The summed E-state index contributed by atoms with van der Waals surface area (Å²) in [5.74, 6) is -1.37. The summed E-state index contributed by atoms with van der Waals surface area (Å²) in [5.41, 5.74) is -1.18.